The molecule has 3 N–H and O–H groups in total. The zero-order chi connectivity index (χ0) is 39.3. The van der Waals surface area contributed by atoms with Crippen LogP contribution in [0.25, 0.3) is 70.9 Å². The minimum atomic E-state index is -0.302. The van der Waals surface area contributed by atoms with Crippen LogP contribution < -0.4 is 16.0 Å². The summed E-state index contributed by atoms with van der Waals surface area (Å²) in [6.07, 6.45) is 3.87. The fraction of sp³-hybridized carbons (Fsp3) is 0.0727. The van der Waals surface area contributed by atoms with Crippen molar-refractivity contribution >= 4 is 54.5 Å². The Labute approximate surface area is 344 Å². The van der Waals surface area contributed by atoms with Crippen LogP contribution in [0, 0.1) is 0 Å². The predicted molar refractivity (Wildman–Crippen MR) is 248 cm³/mol. The summed E-state index contributed by atoms with van der Waals surface area (Å²) in [7, 11) is 0. The van der Waals surface area contributed by atoms with Gasteiger partial charge >= 0.3 is 0 Å². The molecule has 282 valence electrons. The van der Waals surface area contributed by atoms with Gasteiger partial charge in [-0.05, 0) is 125 Å². The highest BCUT2D eigenvalue weighted by molar-refractivity contribution is 6.14. The van der Waals surface area contributed by atoms with E-state index >= 15 is 0 Å². The molecule has 0 fully saturated rings. The van der Waals surface area contributed by atoms with E-state index in [2.05, 4.69) is 217 Å². The van der Waals surface area contributed by atoms with Crippen molar-refractivity contribution in [2.75, 3.05) is 6.54 Å². The molecule has 0 bridgehead atoms. The number of nitrogens with one attached hydrogen (secondary N) is 3. The van der Waals surface area contributed by atoms with Gasteiger partial charge in [0.1, 0.15) is 18.2 Å². The fourth-order valence-electron chi connectivity index (χ4n) is 9.05. The molecule has 4 nitrogen and oxygen atoms in total. The van der Waals surface area contributed by atoms with Crippen LogP contribution in [-0.2, 0) is 0 Å². The molecule has 0 aromatic heterocycles. The largest absolute Gasteiger partial charge is 0.384 e. The molecular formula is C55H42N4. The highest BCUT2D eigenvalue weighted by Crippen LogP contribution is 2.39. The second-order valence-corrected chi connectivity index (χ2v) is 15.7. The summed E-state index contributed by atoms with van der Waals surface area (Å²) >= 11 is 0. The molecule has 0 amide bonds. The van der Waals surface area contributed by atoms with E-state index in [1.54, 1.807) is 0 Å². The van der Waals surface area contributed by atoms with E-state index in [0.717, 1.165) is 40.2 Å². The Morgan fingerprint density at radius 2 is 1.03 bits per heavy atom. The zero-order valence-electron chi connectivity index (χ0n) is 32.8. The van der Waals surface area contributed by atoms with Gasteiger partial charge in [-0.3, -0.25) is 5.32 Å². The first kappa shape index (κ1) is 34.9. The summed E-state index contributed by atoms with van der Waals surface area (Å²) in [5, 5.41) is 21.1. The number of fused-ring (bicyclic) bond motifs is 5. The Morgan fingerprint density at radius 1 is 0.458 bits per heavy atom. The summed E-state index contributed by atoms with van der Waals surface area (Å²) in [4.78, 5) is 5.57. The SMILES string of the molecule is CC1=CC=C(c2ccc(-c3cc(C4=NC(c5cccc6ccccc56)NC(c5cccc6ccccc56)N4)cc(-c4cc5ccccc5c5ccccc45)c3)cc2)CN1. The first-order valence-corrected chi connectivity index (χ1v) is 20.5. The van der Waals surface area contributed by atoms with Gasteiger partial charge in [0.2, 0.25) is 0 Å². The van der Waals surface area contributed by atoms with Gasteiger partial charge in [-0.15, -0.1) is 0 Å². The minimum Gasteiger partial charge on any atom is -0.384 e. The molecule has 4 heteroatoms. The van der Waals surface area contributed by atoms with Crippen molar-refractivity contribution in [2.45, 2.75) is 19.3 Å². The van der Waals surface area contributed by atoms with Crippen LogP contribution in [0.15, 0.2) is 205 Å². The van der Waals surface area contributed by atoms with Crippen molar-refractivity contribution in [1.82, 2.24) is 16.0 Å². The normalized spacial score (nSPS) is 16.7. The Bertz CT molecular complexity index is 3180. The minimum absolute atomic E-state index is 0.208. The van der Waals surface area contributed by atoms with Crippen molar-refractivity contribution in [3.05, 3.63) is 222 Å². The lowest BCUT2D eigenvalue weighted by Gasteiger charge is -2.33. The topological polar surface area (TPSA) is 48.5 Å². The van der Waals surface area contributed by atoms with E-state index in [1.165, 1.54) is 71.1 Å². The average Bonchev–Trinajstić information content (AvgIpc) is 3.31. The van der Waals surface area contributed by atoms with Crippen molar-refractivity contribution in [3.8, 4) is 22.3 Å². The number of nitrogens with zero attached hydrogens (tertiary/aromatic N) is 1. The molecule has 2 aliphatic rings. The quantitative estimate of drug-likeness (QED) is 0.148. The summed E-state index contributed by atoms with van der Waals surface area (Å²) in [5.41, 5.74) is 11.7. The molecule has 0 aliphatic carbocycles. The number of rotatable bonds is 6. The van der Waals surface area contributed by atoms with E-state index in [0.29, 0.717) is 0 Å². The molecule has 0 radical (unpaired) electrons. The Morgan fingerprint density at radius 3 is 1.76 bits per heavy atom. The Kier molecular flexibility index (Phi) is 8.64. The summed E-state index contributed by atoms with van der Waals surface area (Å²) < 4.78 is 0. The maximum Gasteiger partial charge on any atom is 0.131 e. The smallest absolute Gasteiger partial charge is 0.131 e. The van der Waals surface area contributed by atoms with E-state index < -0.39 is 0 Å². The third-order valence-electron chi connectivity index (χ3n) is 12.1. The number of allylic oxidation sites excluding steroid dienone is 3. The Hall–Kier alpha value is -7.27. The van der Waals surface area contributed by atoms with Crippen LogP contribution in [-0.4, -0.2) is 12.4 Å². The second kappa shape index (κ2) is 14.6. The number of dihydropyridines is 1. The molecule has 0 saturated heterocycles. The monoisotopic (exact) mass is 758 g/mol. The molecule has 0 spiro atoms. The first-order chi connectivity index (χ1) is 29.1. The molecule has 9 aromatic rings. The standard InChI is InChI=1S/C55H42N4/c1-35-24-25-41(34-56-35)36-26-28-37(29-27-36)42-30-43(52-33-40-14-4-7-19-47(40)48-20-8-9-21-49(48)52)32-44(31-42)53-57-54(50-22-10-15-38-12-2-5-17-45(38)50)59-55(58-53)51-23-11-16-39-13-3-6-18-46(39)51/h2-33,54-56,59H,34H2,1H3,(H,57,58). The lowest BCUT2D eigenvalue weighted by atomic mass is 9.90. The van der Waals surface area contributed by atoms with Gasteiger partial charge < -0.3 is 10.6 Å². The maximum atomic E-state index is 5.57. The lowest BCUT2D eigenvalue weighted by molar-refractivity contribution is 0.412. The summed E-state index contributed by atoms with van der Waals surface area (Å²) in [6, 6.07) is 66.3. The van der Waals surface area contributed by atoms with Gasteiger partial charge in [0.15, 0.2) is 0 Å². The molecule has 0 saturated carbocycles. The fourth-order valence-corrected chi connectivity index (χ4v) is 9.05. The molecule has 2 unspecified atom stereocenters. The molecular weight excluding hydrogens is 717 g/mol. The number of aliphatic imine (C=N–C) groups is 1. The van der Waals surface area contributed by atoms with Gasteiger partial charge in [-0.1, -0.05) is 164 Å². The highest BCUT2D eigenvalue weighted by Gasteiger charge is 2.28. The van der Waals surface area contributed by atoms with Crippen LogP contribution in [0.2, 0.25) is 0 Å². The van der Waals surface area contributed by atoms with Crippen LogP contribution in [0.5, 0.6) is 0 Å². The third kappa shape index (κ3) is 6.44. The third-order valence-corrected chi connectivity index (χ3v) is 12.1. The molecule has 2 aliphatic heterocycles. The average molecular weight is 759 g/mol. The molecule has 9 aromatic carbocycles. The van der Waals surface area contributed by atoms with Crippen molar-refractivity contribution in [2.24, 2.45) is 4.99 Å². The first-order valence-electron chi connectivity index (χ1n) is 20.5. The van der Waals surface area contributed by atoms with Crippen molar-refractivity contribution in [1.29, 1.82) is 0 Å². The number of hydrogen-bond donors (Lipinski definition) is 3. The van der Waals surface area contributed by atoms with Gasteiger partial charge in [0, 0.05) is 17.8 Å². The Balaban J connectivity index is 1.12. The second-order valence-electron chi connectivity index (χ2n) is 15.7. The van der Waals surface area contributed by atoms with E-state index in [4.69, 9.17) is 4.99 Å². The van der Waals surface area contributed by atoms with Crippen molar-refractivity contribution in [3.63, 3.8) is 0 Å². The van der Waals surface area contributed by atoms with Crippen LogP contribution >= 0.6 is 0 Å². The zero-order valence-corrected chi connectivity index (χ0v) is 32.8. The predicted octanol–water partition coefficient (Wildman–Crippen LogP) is 12.9. The van der Waals surface area contributed by atoms with Gasteiger partial charge in [0.05, 0.1) is 0 Å². The van der Waals surface area contributed by atoms with E-state index in [-0.39, 0.29) is 12.3 Å². The maximum absolute atomic E-state index is 5.57. The van der Waals surface area contributed by atoms with Crippen LogP contribution in [0.1, 0.15) is 41.5 Å². The van der Waals surface area contributed by atoms with Crippen LogP contribution in [0.4, 0.5) is 0 Å². The summed E-state index contributed by atoms with van der Waals surface area (Å²) in [6.45, 7) is 2.93. The number of benzene rings is 9. The molecule has 2 heterocycles. The van der Waals surface area contributed by atoms with Gasteiger partial charge in [-0.2, -0.15) is 0 Å². The summed E-state index contributed by atoms with van der Waals surface area (Å²) in [5.74, 6) is 0.852. The molecule has 59 heavy (non-hydrogen) atoms. The van der Waals surface area contributed by atoms with Crippen LogP contribution in [0.3, 0.4) is 0 Å². The molecule has 11 rings (SSSR count). The molecule has 2 atom stereocenters. The van der Waals surface area contributed by atoms with Gasteiger partial charge in [-0.25, -0.2) is 4.99 Å². The lowest BCUT2D eigenvalue weighted by Crippen LogP contribution is -2.45. The van der Waals surface area contributed by atoms with E-state index in [1.807, 2.05) is 0 Å². The van der Waals surface area contributed by atoms with Crippen molar-refractivity contribution < 1.29 is 0 Å². The van der Waals surface area contributed by atoms with E-state index in [9.17, 15) is 0 Å². The number of amidine groups is 1. The number of hydrogen-bond acceptors (Lipinski definition) is 4. The highest BCUT2D eigenvalue weighted by atomic mass is 15.3. The van der Waals surface area contributed by atoms with Gasteiger partial charge in [0.25, 0.3) is 0 Å².